The van der Waals surface area contributed by atoms with Gasteiger partial charge in [-0.3, -0.25) is 4.79 Å². The van der Waals surface area contributed by atoms with Crippen molar-refractivity contribution in [3.05, 3.63) is 71.0 Å². The number of rotatable bonds is 5. The molecule has 0 aliphatic carbocycles. The normalized spacial score (nSPS) is 9.89. The second-order valence-electron chi connectivity index (χ2n) is 6.21. The molecular weight excluding hydrogens is 348 g/mol. The number of ketones is 1. The molecule has 0 atom stereocenters. The van der Waals surface area contributed by atoms with Gasteiger partial charge in [0.2, 0.25) is 0 Å². The summed E-state index contributed by atoms with van der Waals surface area (Å²) in [5, 5.41) is 10.9. The van der Waals surface area contributed by atoms with Gasteiger partial charge in [-0.25, -0.2) is 9.97 Å². The van der Waals surface area contributed by atoms with E-state index in [0.29, 0.717) is 11.5 Å². The van der Waals surface area contributed by atoms with Crippen molar-refractivity contribution in [2.45, 2.75) is 34.6 Å². The van der Waals surface area contributed by atoms with Crippen LogP contribution in [0.1, 0.15) is 48.1 Å². The van der Waals surface area contributed by atoms with E-state index < -0.39 is 0 Å². The number of carbonyl (C=O) groups excluding carboxylic acids is 1. The average Bonchev–Trinajstić information content (AvgIpc) is 2.69. The molecule has 3 aromatic rings. The van der Waals surface area contributed by atoms with E-state index in [1.165, 1.54) is 13.1 Å². The Hall–Kier alpha value is -3.34. The first-order valence-electron chi connectivity index (χ1n) is 9.31. The summed E-state index contributed by atoms with van der Waals surface area (Å²) in [4.78, 5) is 20.6. The molecule has 5 heteroatoms. The molecule has 0 aliphatic rings. The fourth-order valence-electron chi connectivity index (χ4n) is 2.70. The third-order valence-corrected chi connectivity index (χ3v) is 3.99. The summed E-state index contributed by atoms with van der Waals surface area (Å²) in [6, 6.07) is 15.2. The van der Waals surface area contributed by atoms with E-state index in [9.17, 15) is 4.79 Å². The van der Waals surface area contributed by atoms with E-state index in [4.69, 9.17) is 5.41 Å². The minimum absolute atomic E-state index is 0.0617. The average molecular weight is 374 g/mol. The molecule has 0 saturated heterocycles. The summed E-state index contributed by atoms with van der Waals surface area (Å²) >= 11 is 0. The second-order valence-corrected chi connectivity index (χ2v) is 6.21. The fraction of sp³-hybridized carbons (Fsp3) is 0.217. The minimum atomic E-state index is -0.0617. The molecule has 28 heavy (non-hydrogen) atoms. The maximum atomic E-state index is 11.7. The van der Waals surface area contributed by atoms with Crippen molar-refractivity contribution in [3.63, 3.8) is 0 Å². The zero-order valence-electron chi connectivity index (χ0n) is 17.0. The van der Waals surface area contributed by atoms with Crippen LogP contribution in [0.3, 0.4) is 0 Å². The Morgan fingerprint density at radius 3 is 2.43 bits per heavy atom. The second kappa shape index (κ2) is 9.55. The van der Waals surface area contributed by atoms with Crippen LogP contribution in [0.5, 0.6) is 0 Å². The van der Waals surface area contributed by atoms with Gasteiger partial charge in [-0.2, -0.15) is 0 Å². The number of benzene rings is 1. The van der Waals surface area contributed by atoms with Crippen LogP contribution < -0.4 is 5.32 Å². The molecule has 0 saturated carbocycles. The number of carbonyl (C=O) groups is 1. The molecule has 0 radical (unpaired) electrons. The first-order valence-corrected chi connectivity index (χ1v) is 9.31. The molecule has 2 heterocycles. The smallest absolute Gasteiger partial charge is 0.178 e. The number of nitrogens with one attached hydrogen (secondary N) is 2. The lowest BCUT2D eigenvalue weighted by Crippen LogP contribution is -2.01. The molecular formula is C23H26N4O. The molecule has 5 nitrogen and oxygen atoms in total. The number of hydrogen-bond donors (Lipinski definition) is 2. The topological polar surface area (TPSA) is 78.7 Å². The molecule has 2 N–H and O–H groups in total. The van der Waals surface area contributed by atoms with Gasteiger partial charge in [-0.15, -0.1) is 0 Å². The van der Waals surface area contributed by atoms with Crippen molar-refractivity contribution in [2.75, 3.05) is 5.32 Å². The summed E-state index contributed by atoms with van der Waals surface area (Å²) in [6.45, 7) is 9.39. The first kappa shape index (κ1) is 21.0. The van der Waals surface area contributed by atoms with Crippen molar-refractivity contribution in [2.24, 2.45) is 0 Å². The Morgan fingerprint density at radius 1 is 1.04 bits per heavy atom. The lowest BCUT2D eigenvalue weighted by molar-refractivity contribution is 0.101. The molecule has 1 aromatic carbocycles. The third kappa shape index (κ3) is 5.10. The first-order chi connectivity index (χ1) is 13.5. The number of aryl methyl sites for hydroxylation is 2. The summed E-state index contributed by atoms with van der Waals surface area (Å²) in [5.41, 5.74) is 5.45. The van der Waals surface area contributed by atoms with Crippen LogP contribution in [0.4, 0.5) is 11.5 Å². The Labute approximate surface area is 166 Å². The van der Waals surface area contributed by atoms with Gasteiger partial charge in [-0.1, -0.05) is 32.0 Å². The lowest BCUT2D eigenvalue weighted by Gasteiger charge is -2.12. The number of nitrogens with zero attached hydrogens (tertiary/aromatic N) is 2. The quantitative estimate of drug-likeness (QED) is 0.441. The van der Waals surface area contributed by atoms with E-state index in [1.54, 1.807) is 6.07 Å². The van der Waals surface area contributed by atoms with Crippen molar-refractivity contribution in [3.8, 4) is 11.3 Å². The molecule has 0 fully saturated rings. The summed E-state index contributed by atoms with van der Waals surface area (Å²) in [7, 11) is 0. The van der Waals surface area contributed by atoms with E-state index in [1.807, 2.05) is 70.2 Å². The summed E-state index contributed by atoms with van der Waals surface area (Å²) in [6.07, 6.45) is 1.30. The highest BCUT2D eigenvalue weighted by atomic mass is 16.1. The van der Waals surface area contributed by atoms with Crippen LogP contribution >= 0.6 is 0 Å². The van der Waals surface area contributed by atoms with Crippen LogP contribution in [0.25, 0.3) is 11.3 Å². The van der Waals surface area contributed by atoms with E-state index in [2.05, 4.69) is 15.3 Å². The van der Waals surface area contributed by atoms with Gasteiger partial charge in [0, 0.05) is 35.6 Å². The van der Waals surface area contributed by atoms with Gasteiger partial charge in [-0.05, 0) is 49.7 Å². The number of pyridine rings is 2. The van der Waals surface area contributed by atoms with E-state index >= 15 is 0 Å². The molecule has 0 bridgehead atoms. The predicted octanol–water partition coefficient (Wildman–Crippen LogP) is 5.73. The molecule has 0 unspecified atom stereocenters. The van der Waals surface area contributed by atoms with Gasteiger partial charge in [0.1, 0.15) is 11.5 Å². The number of aromatic nitrogens is 2. The van der Waals surface area contributed by atoms with Crippen molar-refractivity contribution in [1.29, 1.82) is 5.41 Å². The predicted molar refractivity (Wildman–Crippen MR) is 116 cm³/mol. The maximum absolute atomic E-state index is 11.7. The zero-order chi connectivity index (χ0) is 20.7. The molecule has 2 aromatic heterocycles. The van der Waals surface area contributed by atoms with Gasteiger partial charge >= 0.3 is 0 Å². The van der Waals surface area contributed by atoms with Crippen molar-refractivity contribution >= 4 is 23.5 Å². The minimum Gasteiger partial charge on any atom is -0.340 e. The summed E-state index contributed by atoms with van der Waals surface area (Å²) < 4.78 is 0. The van der Waals surface area contributed by atoms with Crippen LogP contribution in [0.15, 0.2) is 48.5 Å². The van der Waals surface area contributed by atoms with E-state index in [-0.39, 0.29) is 5.78 Å². The van der Waals surface area contributed by atoms with Crippen LogP contribution in [0, 0.1) is 19.3 Å². The monoisotopic (exact) mass is 374 g/mol. The Kier molecular flexibility index (Phi) is 7.15. The Balaban J connectivity index is 0.00000136. The van der Waals surface area contributed by atoms with Crippen molar-refractivity contribution in [1.82, 2.24) is 9.97 Å². The molecule has 0 amide bonds. The lowest BCUT2D eigenvalue weighted by atomic mass is 10.0. The van der Waals surface area contributed by atoms with Crippen LogP contribution in [-0.4, -0.2) is 22.0 Å². The highest BCUT2D eigenvalue weighted by Gasteiger charge is 2.10. The molecule has 0 spiro atoms. The van der Waals surface area contributed by atoms with E-state index in [0.717, 1.165) is 33.8 Å². The Bertz CT molecular complexity index is 996. The SMILES string of the molecule is CC.CC(=O)c1cc(C)cc(-c2ccc(C=N)c(Nc3cccc(C)n3)c2)n1. The highest BCUT2D eigenvalue weighted by molar-refractivity contribution is 5.93. The third-order valence-electron chi connectivity index (χ3n) is 3.99. The standard InChI is InChI=1S/C21H20N4O.C2H6/c1-13-9-18(15(3)26)24-19(10-13)16-7-8-17(12-22)20(11-16)25-21-6-4-5-14(2)23-21;1-2/h4-12,22H,1-3H3,(H,23,25);1-2H3. The number of anilines is 2. The summed E-state index contributed by atoms with van der Waals surface area (Å²) in [5.74, 6) is 0.653. The molecule has 144 valence electrons. The van der Waals surface area contributed by atoms with Crippen molar-refractivity contribution < 1.29 is 4.79 Å². The van der Waals surface area contributed by atoms with Gasteiger partial charge < -0.3 is 10.7 Å². The fourth-order valence-corrected chi connectivity index (χ4v) is 2.70. The zero-order valence-corrected chi connectivity index (χ0v) is 17.0. The van der Waals surface area contributed by atoms with Gasteiger partial charge in [0.25, 0.3) is 0 Å². The number of hydrogen-bond acceptors (Lipinski definition) is 5. The number of Topliss-reactive ketones (excluding diaryl/α,β-unsaturated/α-hetero) is 1. The van der Waals surface area contributed by atoms with Gasteiger partial charge in [0.05, 0.1) is 5.69 Å². The molecule has 3 rings (SSSR count). The largest absolute Gasteiger partial charge is 0.340 e. The Morgan fingerprint density at radius 2 is 1.79 bits per heavy atom. The highest BCUT2D eigenvalue weighted by Crippen LogP contribution is 2.27. The van der Waals surface area contributed by atoms with Crippen LogP contribution in [-0.2, 0) is 0 Å². The maximum Gasteiger partial charge on any atom is 0.178 e. The van der Waals surface area contributed by atoms with Gasteiger partial charge in [0.15, 0.2) is 5.78 Å². The van der Waals surface area contributed by atoms with Crippen LogP contribution in [0.2, 0.25) is 0 Å². The molecule has 0 aliphatic heterocycles.